The van der Waals surface area contributed by atoms with Gasteiger partial charge in [-0.15, -0.1) is 0 Å². The van der Waals surface area contributed by atoms with Gasteiger partial charge in [0.15, 0.2) is 0 Å². The molecule has 8 atom stereocenters. The summed E-state index contributed by atoms with van der Waals surface area (Å²) in [6, 6.07) is 16.6. The van der Waals surface area contributed by atoms with Crippen LogP contribution < -0.4 is 4.74 Å². The highest BCUT2D eigenvalue weighted by molar-refractivity contribution is 5.72. The van der Waals surface area contributed by atoms with Crippen LogP contribution in [0.25, 0.3) is 0 Å². The van der Waals surface area contributed by atoms with Crippen LogP contribution >= 0.6 is 0 Å². The Labute approximate surface area is 326 Å². The van der Waals surface area contributed by atoms with Crippen LogP contribution in [-0.4, -0.2) is 18.0 Å². The number of hydrogen-bond donors (Lipinski definition) is 0. The number of allylic oxidation sites excluding steroid dienone is 1. The molecule has 0 N–H and O–H groups in total. The first-order valence-electron chi connectivity index (χ1n) is 21.7. The fourth-order valence-electron chi connectivity index (χ4n) is 11.4. The van der Waals surface area contributed by atoms with Crippen molar-refractivity contribution in [1.29, 1.82) is 0 Å². The highest BCUT2D eigenvalue weighted by Gasteiger charge is 2.59. The molecule has 2 aromatic rings. The average Bonchev–Trinajstić information content (AvgIpc) is 3.52. The minimum atomic E-state index is -0.226. The molecule has 0 unspecified atom stereocenters. The third kappa shape index (κ3) is 9.93. The number of esters is 2. The number of carbonyl (C=O) groups excluding carboxylic acids is 2. The number of ether oxygens (including phenoxy) is 2. The third-order valence-electron chi connectivity index (χ3n) is 14.4. The molecule has 6 nitrogen and oxygen atoms in total. The molecule has 0 heterocycles. The molecule has 4 aliphatic carbocycles. The summed E-state index contributed by atoms with van der Waals surface area (Å²) in [6.45, 7) is 12.5. The molecule has 2 aromatic carbocycles. The summed E-state index contributed by atoms with van der Waals surface area (Å²) in [4.78, 5) is 25.2. The van der Waals surface area contributed by atoms with Crippen LogP contribution in [-0.2, 0) is 14.3 Å². The molecule has 3 fully saturated rings. The van der Waals surface area contributed by atoms with Gasteiger partial charge in [0.2, 0.25) is 0 Å². The summed E-state index contributed by atoms with van der Waals surface area (Å²) < 4.78 is 11.6. The molecule has 3 saturated carbocycles. The number of carbonyl (C=O) groups is 2. The number of rotatable bonds is 17. The number of azo groups is 1. The molecule has 0 radical (unpaired) electrons. The predicted molar refractivity (Wildman–Crippen MR) is 218 cm³/mol. The Kier molecular flexibility index (Phi) is 13.9. The number of benzene rings is 2. The average molecular weight is 737 g/mol. The van der Waals surface area contributed by atoms with E-state index >= 15 is 0 Å². The van der Waals surface area contributed by atoms with Crippen LogP contribution in [0.15, 0.2) is 76.5 Å². The van der Waals surface area contributed by atoms with Gasteiger partial charge in [-0.05, 0) is 141 Å². The zero-order valence-corrected chi connectivity index (χ0v) is 34.1. The SMILES string of the molecule is CC(C)CCC[C@@H](C)[C@H]1CC[C@H]2[C@@H]3CC=C4C[C@@H](OC(=O)CCCCCCCC(=O)Oc5ccc(N=Nc6ccccc6)cc5)CC[C@]4(C)[C@H]3CC[C@]12C. The fourth-order valence-corrected chi connectivity index (χ4v) is 11.4. The molecular weight excluding hydrogens is 669 g/mol. The highest BCUT2D eigenvalue weighted by Crippen LogP contribution is 2.67. The zero-order valence-electron chi connectivity index (χ0n) is 34.1. The van der Waals surface area contributed by atoms with Gasteiger partial charge in [-0.1, -0.05) is 103 Å². The molecule has 6 heteroatoms. The van der Waals surface area contributed by atoms with Crippen LogP contribution in [0.3, 0.4) is 0 Å². The summed E-state index contributed by atoms with van der Waals surface area (Å²) in [5.41, 5.74) is 3.87. The van der Waals surface area contributed by atoms with Gasteiger partial charge in [0.25, 0.3) is 0 Å². The van der Waals surface area contributed by atoms with E-state index in [1.54, 1.807) is 29.8 Å². The van der Waals surface area contributed by atoms with Crippen LogP contribution in [0.5, 0.6) is 5.75 Å². The molecule has 6 rings (SSSR count). The lowest BCUT2D eigenvalue weighted by Crippen LogP contribution is -2.51. The van der Waals surface area contributed by atoms with Gasteiger partial charge in [-0.2, -0.15) is 10.2 Å². The zero-order chi connectivity index (χ0) is 38.1. The maximum atomic E-state index is 12.9. The van der Waals surface area contributed by atoms with E-state index < -0.39 is 0 Å². The van der Waals surface area contributed by atoms with Crippen LogP contribution in [0.1, 0.15) is 150 Å². The first-order chi connectivity index (χ1) is 26.0. The van der Waals surface area contributed by atoms with Gasteiger partial charge < -0.3 is 9.47 Å². The second-order valence-corrected chi connectivity index (χ2v) is 18.4. The second-order valence-electron chi connectivity index (χ2n) is 18.4. The van der Waals surface area contributed by atoms with Crippen LogP contribution in [0.2, 0.25) is 0 Å². The molecule has 54 heavy (non-hydrogen) atoms. The second kappa shape index (κ2) is 18.6. The lowest BCUT2D eigenvalue weighted by molar-refractivity contribution is -0.151. The first kappa shape index (κ1) is 40.4. The summed E-state index contributed by atoms with van der Waals surface area (Å²) in [5.74, 6) is 5.31. The van der Waals surface area contributed by atoms with Gasteiger partial charge >= 0.3 is 11.9 Å². The largest absolute Gasteiger partial charge is 0.462 e. The standard InChI is InChI=1S/C48H68N2O4/c1-34(2)15-14-16-35(3)42-27-28-43-41-26-21-36-33-40(29-31-47(36,4)44(41)30-32-48(42,43)5)54-46(52)20-13-8-6-7-12-19-45(51)53-39-24-22-38(23-25-39)50-49-37-17-10-9-11-18-37/h9-11,17-18,21-25,34-35,40-44H,6-8,12-16,19-20,26-33H2,1-5H3/t35-,40+,41+,42-,43+,44+,47+,48-/m1/s1. The van der Waals surface area contributed by atoms with Crippen molar-refractivity contribution in [3.63, 3.8) is 0 Å². The molecular formula is C48H68N2O4. The van der Waals surface area contributed by atoms with Gasteiger partial charge in [0.05, 0.1) is 11.4 Å². The van der Waals surface area contributed by atoms with E-state index in [4.69, 9.17) is 9.47 Å². The predicted octanol–water partition coefficient (Wildman–Crippen LogP) is 13.7. The number of hydrogen-bond acceptors (Lipinski definition) is 6. The van der Waals surface area contributed by atoms with Crippen molar-refractivity contribution in [2.45, 2.75) is 156 Å². The summed E-state index contributed by atoms with van der Waals surface area (Å²) in [6.07, 6.45) is 22.2. The lowest BCUT2D eigenvalue weighted by atomic mass is 9.47. The summed E-state index contributed by atoms with van der Waals surface area (Å²) in [7, 11) is 0. The molecule has 0 bridgehead atoms. The normalized spacial score (nSPS) is 29.6. The minimum Gasteiger partial charge on any atom is -0.462 e. The molecule has 294 valence electrons. The Morgan fingerprint density at radius 1 is 0.741 bits per heavy atom. The maximum Gasteiger partial charge on any atom is 0.311 e. The van der Waals surface area contributed by atoms with Crippen molar-refractivity contribution < 1.29 is 19.1 Å². The fraction of sp³-hybridized carbons (Fsp3) is 0.667. The summed E-state index contributed by atoms with van der Waals surface area (Å²) in [5, 5.41) is 8.44. The van der Waals surface area contributed by atoms with Crippen molar-refractivity contribution in [2.24, 2.45) is 56.6 Å². The Morgan fingerprint density at radius 3 is 2.15 bits per heavy atom. The van der Waals surface area contributed by atoms with E-state index in [-0.39, 0.29) is 23.5 Å². The molecule has 0 aromatic heterocycles. The minimum absolute atomic E-state index is 0.0330. The lowest BCUT2D eigenvalue weighted by Gasteiger charge is -2.58. The van der Waals surface area contributed by atoms with E-state index in [0.29, 0.717) is 29.7 Å². The van der Waals surface area contributed by atoms with E-state index in [1.165, 1.54) is 51.4 Å². The molecule has 0 aliphatic heterocycles. The quantitative estimate of drug-likeness (QED) is 0.0532. The van der Waals surface area contributed by atoms with Gasteiger partial charge in [0.1, 0.15) is 11.9 Å². The van der Waals surface area contributed by atoms with E-state index in [2.05, 4.69) is 50.9 Å². The van der Waals surface area contributed by atoms with Crippen molar-refractivity contribution in [3.05, 3.63) is 66.2 Å². The first-order valence-corrected chi connectivity index (χ1v) is 21.7. The van der Waals surface area contributed by atoms with Crippen molar-refractivity contribution in [3.8, 4) is 5.75 Å². The monoisotopic (exact) mass is 737 g/mol. The Hall–Kier alpha value is -3.28. The smallest absolute Gasteiger partial charge is 0.311 e. The van der Waals surface area contributed by atoms with Crippen LogP contribution in [0, 0.1) is 46.3 Å². The van der Waals surface area contributed by atoms with E-state index in [1.807, 2.05) is 30.3 Å². The molecule has 0 amide bonds. The van der Waals surface area contributed by atoms with Gasteiger partial charge in [0, 0.05) is 19.3 Å². The Bertz CT molecular complexity index is 1580. The Morgan fingerprint density at radius 2 is 1.43 bits per heavy atom. The number of fused-ring (bicyclic) bond motifs is 5. The van der Waals surface area contributed by atoms with Gasteiger partial charge in [-0.25, -0.2) is 0 Å². The van der Waals surface area contributed by atoms with E-state index in [9.17, 15) is 9.59 Å². The maximum absolute atomic E-state index is 12.9. The molecule has 4 aliphatic rings. The third-order valence-corrected chi connectivity index (χ3v) is 14.4. The number of nitrogens with zero attached hydrogens (tertiary/aromatic N) is 2. The van der Waals surface area contributed by atoms with Crippen LogP contribution in [0.4, 0.5) is 11.4 Å². The van der Waals surface area contributed by atoms with Crippen molar-refractivity contribution in [2.75, 3.05) is 0 Å². The van der Waals surface area contributed by atoms with Crippen molar-refractivity contribution >= 4 is 23.3 Å². The summed E-state index contributed by atoms with van der Waals surface area (Å²) >= 11 is 0. The Balaban J connectivity index is 0.857. The van der Waals surface area contributed by atoms with E-state index in [0.717, 1.165) is 92.6 Å². The van der Waals surface area contributed by atoms with Crippen molar-refractivity contribution in [1.82, 2.24) is 0 Å². The highest BCUT2D eigenvalue weighted by atomic mass is 16.5. The van der Waals surface area contributed by atoms with Gasteiger partial charge in [-0.3, -0.25) is 9.59 Å². The topological polar surface area (TPSA) is 77.3 Å². The molecule has 0 spiro atoms. The molecule has 0 saturated heterocycles. The number of unbranched alkanes of at least 4 members (excludes halogenated alkanes) is 4.